The highest BCUT2D eigenvalue weighted by molar-refractivity contribution is 8.13. The van der Waals surface area contributed by atoms with Crippen LogP contribution in [0.5, 0.6) is 0 Å². The van der Waals surface area contributed by atoms with E-state index in [0.717, 1.165) is 25.8 Å². The van der Waals surface area contributed by atoms with E-state index >= 15 is 0 Å². The average molecular weight is 957 g/mol. The Morgan fingerprint density at radius 1 is 0.623 bits per heavy atom. The first-order chi connectivity index (χ1) is 27.6. The van der Waals surface area contributed by atoms with E-state index in [1.807, 2.05) is 6.92 Å². The maximum atomic E-state index is 13.0. The van der Waals surface area contributed by atoms with Crippen molar-refractivity contribution in [1.82, 2.24) is 14.7 Å². The maximum Gasteiger partial charge on any atom is 0.192 e. The largest absolute Gasteiger partial charge is 0.415 e. The molecule has 0 saturated heterocycles. The summed E-state index contributed by atoms with van der Waals surface area (Å²) in [6, 6.07) is 1.32. The van der Waals surface area contributed by atoms with Gasteiger partial charge in [-0.1, -0.05) is 80.5 Å². The molecule has 0 aromatic heterocycles. The van der Waals surface area contributed by atoms with Crippen molar-refractivity contribution in [1.29, 1.82) is 0 Å². The van der Waals surface area contributed by atoms with E-state index in [1.54, 1.807) is 0 Å². The van der Waals surface area contributed by atoms with Gasteiger partial charge in [0.25, 0.3) is 0 Å². The molecule has 0 heterocycles. The first-order valence-electron chi connectivity index (χ1n) is 23.6. The van der Waals surface area contributed by atoms with Crippen LogP contribution in [0.15, 0.2) is 0 Å². The summed E-state index contributed by atoms with van der Waals surface area (Å²) in [5, 5.41) is 4.44. The first kappa shape index (κ1) is 61.7. The fraction of sp³-hybridized carbons (Fsp3) is 0.978. The Balaban J connectivity index is 5.59. The molecule has 0 spiro atoms. The maximum absolute atomic E-state index is 13.0. The van der Waals surface area contributed by atoms with Crippen LogP contribution in [0.25, 0.3) is 0 Å². The van der Waals surface area contributed by atoms with Crippen LogP contribution in [0.4, 0.5) is 0 Å². The molecular weight excluding hydrogens is 854 g/mol. The molecule has 0 aliphatic carbocycles. The molecule has 0 aromatic carbocycles. The Kier molecular flexibility index (Phi) is 27.2. The van der Waals surface area contributed by atoms with E-state index in [2.05, 4.69) is 172 Å². The van der Waals surface area contributed by atoms with Crippen LogP contribution in [0, 0.1) is 0 Å². The quantitative estimate of drug-likeness (QED) is 0.0312. The standard InChI is InChI=1S/C46H102N3O7PSSi3/c1-25-51-42(33-53-57(48(37(2)3)38(4)5)49(39(6)7)40(8)9)52-31-32-58-41(50)29-27-26-28-30-47-46(34-54-59(19,20)43(10,11)12,35-55-60(21,22)44(13,14)15)36-56-61(23,24)45(16,17)18/h37-40,42,47H,25-36H2,1-24H3. The SMILES string of the molecule is CCOC(COP(N(C(C)C)C(C)C)N(C(C)C)C(C)C)OCCSC(=O)CCCCCNC(CO[Si](C)(C)C(C)(C)C)(CO[Si](C)(C)C(C)(C)C)CO[Si](C)(C)C(C)(C)C. The lowest BCUT2D eigenvalue weighted by molar-refractivity contribution is -0.152. The van der Waals surface area contributed by atoms with Gasteiger partial charge in [0.05, 0.1) is 32.0 Å². The summed E-state index contributed by atoms with van der Waals surface area (Å²) < 4.78 is 44.8. The molecule has 1 N–H and O–H groups in total. The van der Waals surface area contributed by atoms with Gasteiger partial charge in [-0.3, -0.25) is 4.79 Å². The summed E-state index contributed by atoms with van der Waals surface area (Å²) in [6.07, 6.45) is 2.83. The minimum Gasteiger partial charge on any atom is -0.415 e. The Morgan fingerprint density at radius 3 is 1.36 bits per heavy atom. The van der Waals surface area contributed by atoms with Gasteiger partial charge >= 0.3 is 0 Å². The Hall–Kier alpha value is 0.741. The lowest BCUT2D eigenvalue weighted by atomic mass is 10.0. The van der Waals surface area contributed by atoms with Gasteiger partial charge in [-0.15, -0.1) is 0 Å². The van der Waals surface area contributed by atoms with E-state index in [1.165, 1.54) is 11.8 Å². The zero-order valence-corrected chi connectivity index (χ0v) is 49.2. The summed E-state index contributed by atoms with van der Waals surface area (Å²) in [7, 11) is -7.23. The molecule has 0 aliphatic rings. The van der Waals surface area contributed by atoms with Gasteiger partial charge in [0, 0.05) is 42.9 Å². The minimum absolute atomic E-state index is 0.0890. The predicted octanol–water partition coefficient (Wildman–Crippen LogP) is 13.1. The highest BCUT2D eigenvalue weighted by atomic mass is 32.2. The lowest BCUT2D eigenvalue weighted by Gasteiger charge is -2.46. The third-order valence-corrected chi connectivity index (χ3v) is 30.3. The molecule has 0 aromatic rings. The highest BCUT2D eigenvalue weighted by Gasteiger charge is 2.46. The molecule has 0 radical (unpaired) electrons. The highest BCUT2D eigenvalue weighted by Crippen LogP contribution is 2.51. The number of unbranched alkanes of at least 4 members (excludes halogenated alkanes) is 2. The number of carbonyl (C=O) groups excluding carboxylic acids is 1. The van der Waals surface area contributed by atoms with Crippen LogP contribution in [0.2, 0.25) is 54.4 Å². The van der Waals surface area contributed by atoms with Crippen molar-refractivity contribution >= 4 is 50.3 Å². The molecule has 1 unspecified atom stereocenters. The van der Waals surface area contributed by atoms with Crippen molar-refractivity contribution in [3.63, 3.8) is 0 Å². The van der Waals surface area contributed by atoms with E-state index in [0.29, 0.717) is 76.0 Å². The van der Waals surface area contributed by atoms with E-state index in [-0.39, 0.29) is 20.2 Å². The van der Waals surface area contributed by atoms with Gasteiger partial charge in [0.1, 0.15) is 6.61 Å². The molecule has 1 atom stereocenters. The number of ether oxygens (including phenoxy) is 2. The fourth-order valence-corrected chi connectivity index (χ4v) is 12.2. The second kappa shape index (κ2) is 26.9. The Bertz CT molecular complexity index is 1110. The van der Waals surface area contributed by atoms with Crippen LogP contribution in [0.3, 0.4) is 0 Å². The number of rotatable bonds is 31. The van der Waals surface area contributed by atoms with Crippen LogP contribution in [0.1, 0.15) is 150 Å². The lowest BCUT2D eigenvalue weighted by Crippen LogP contribution is -2.62. The third-order valence-electron chi connectivity index (χ3n) is 12.9. The molecule has 0 amide bonds. The molecule has 0 aliphatic heterocycles. The summed E-state index contributed by atoms with van der Waals surface area (Å²) in [6.45, 7) is 58.2. The van der Waals surface area contributed by atoms with E-state index in [4.69, 9.17) is 27.3 Å². The van der Waals surface area contributed by atoms with Gasteiger partial charge in [0.15, 0.2) is 44.8 Å². The summed E-state index contributed by atoms with van der Waals surface area (Å²) in [4.78, 5) is 13.0. The number of nitrogens with one attached hydrogen (secondary N) is 1. The smallest absolute Gasteiger partial charge is 0.192 e. The van der Waals surface area contributed by atoms with Crippen molar-refractivity contribution in [2.75, 3.05) is 51.9 Å². The molecule has 10 nitrogen and oxygen atoms in total. The number of hydrogen-bond acceptors (Lipinski definition) is 11. The second-order valence-corrected chi connectivity index (χ2v) is 40.1. The van der Waals surface area contributed by atoms with Crippen molar-refractivity contribution in [2.24, 2.45) is 0 Å². The fourth-order valence-electron chi connectivity index (χ4n) is 5.91. The molecule has 61 heavy (non-hydrogen) atoms. The number of nitrogens with zero attached hydrogens (tertiary/aromatic N) is 2. The van der Waals surface area contributed by atoms with Gasteiger partial charge < -0.3 is 32.6 Å². The summed E-state index contributed by atoms with van der Waals surface area (Å²) in [5.41, 5.74) is -0.483. The van der Waals surface area contributed by atoms with Gasteiger partial charge in [-0.05, 0) is 136 Å². The van der Waals surface area contributed by atoms with Gasteiger partial charge in [0.2, 0.25) is 0 Å². The summed E-state index contributed by atoms with van der Waals surface area (Å²) >= 11 is 1.36. The van der Waals surface area contributed by atoms with Gasteiger partial charge in [-0.2, -0.15) is 0 Å². The van der Waals surface area contributed by atoms with Crippen LogP contribution in [-0.2, 0) is 32.1 Å². The molecule has 0 bridgehead atoms. The van der Waals surface area contributed by atoms with Gasteiger partial charge in [-0.25, -0.2) is 9.34 Å². The molecular formula is C46H102N3O7PSSi3. The monoisotopic (exact) mass is 956 g/mol. The van der Waals surface area contributed by atoms with Crippen molar-refractivity contribution in [2.45, 2.75) is 241 Å². The number of carbonyl (C=O) groups is 1. The Morgan fingerprint density at radius 2 is 1.02 bits per heavy atom. The topological polar surface area (TPSA) is 91.0 Å². The second-order valence-electron chi connectivity index (χ2n) is 22.8. The molecule has 0 rings (SSSR count). The molecule has 366 valence electrons. The minimum atomic E-state index is -2.06. The third kappa shape index (κ3) is 21.9. The molecule has 0 saturated carbocycles. The molecule has 0 fully saturated rings. The van der Waals surface area contributed by atoms with Crippen LogP contribution >= 0.6 is 20.2 Å². The number of hydrogen-bond donors (Lipinski definition) is 1. The predicted molar refractivity (Wildman–Crippen MR) is 275 cm³/mol. The van der Waals surface area contributed by atoms with Crippen molar-refractivity contribution in [3.05, 3.63) is 0 Å². The Labute approximate surface area is 387 Å². The first-order valence-corrected chi connectivity index (χ1v) is 34.5. The molecule has 15 heteroatoms. The van der Waals surface area contributed by atoms with Crippen LogP contribution in [-0.4, -0.2) is 127 Å². The average Bonchev–Trinajstić information content (AvgIpc) is 3.08. The summed E-state index contributed by atoms with van der Waals surface area (Å²) in [5.74, 6) is 0.589. The zero-order valence-electron chi connectivity index (χ0n) is 44.5. The van der Waals surface area contributed by atoms with Crippen molar-refractivity contribution < 1.29 is 32.1 Å². The zero-order chi connectivity index (χ0) is 47.8. The normalized spacial score (nSPS) is 14.9. The van der Waals surface area contributed by atoms with E-state index < -0.39 is 45.2 Å². The number of thioether (sulfide) groups is 1. The van der Waals surface area contributed by atoms with Crippen molar-refractivity contribution in [3.8, 4) is 0 Å². The van der Waals surface area contributed by atoms with Crippen LogP contribution < -0.4 is 5.32 Å². The van der Waals surface area contributed by atoms with E-state index in [9.17, 15) is 4.79 Å².